The van der Waals surface area contributed by atoms with Gasteiger partial charge in [-0.3, -0.25) is 4.79 Å². The van der Waals surface area contributed by atoms with E-state index in [9.17, 15) is 8.68 Å². The molecule has 0 radical (unpaired) electrons. The molecule has 0 aliphatic heterocycles. The lowest BCUT2D eigenvalue weighted by molar-refractivity contribution is -0.118. The van der Waals surface area contributed by atoms with Crippen molar-refractivity contribution < 1.29 is 13.8 Å². The molecular formula is C9H11FO2S. The molecule has 0 aliphatic carbocycles. The first-order valence-electron chi connectivity index (χ1n) is 3.59. The summed E-state index contributed by atoms with van der Waals surface area (Å²) >= 11 is 0.0559. The van der Waals surface area contributed by atoms with E-state index in [4.69, 9.17) is 5.11 Å². The minimum Gasteiger partial charge on any atom is -0.388 e. The second-order valence-electron chi connectivity index (χ2n) is 2.28. The van der Waals surface area contributed by atoms with Crippen molar-refractivity contribution in [2.45, 2.75) is 6.92 Å². The summed E-state index contributed by atoms with van der Waals surface area (Å²) in [5.41, 5.74) is 0.385. The van der Waals surface area contributed by atoms with Crippen LogP contribution in [0.5, 0.6) is 0 Å². The zero-order chi connectivity index (χ0) is 10.3. The molecule has 0 rings (SSSR count). The third-order valence-corrected chi connectivity index (χ3v) is 1.85. The fourth-order valence-electron chi connectivity index (χ4n) is 0.550. The van der Waals surface area contributed by atoms with E-state index in [0.717, 1.165) is 0 Å². The Labute approximate surface area is 81.1 Å². The number of aliphatic hydroxyl groups is 1. The highest BCUT2D eigenvalue weighted by atomic mass is 32.2. The SMILES string of the molecule is C=C/C(=C\C=C(/C)C(=O)CO)SF. The summed E-state index contributed by atoms with van der Waals surface area (Å²) in [5, 5.41) is 8.47. The van der Waals surface area contributed by atoms with E-state index in [-0.39, 0.29) is 17.9 Å². The van der Waals surface area contributed by atoms with E-state index < -0.39 is 6.61 Å². The van der Waals surface area contributed by atoms with Crippen molar-refractivity contribution in [3.8, 4) is 0 Å². The summed E-state index contributed by atoms with van der Waals surface area (Å²) in [4.78, 5) is 11.2. The minimum atomic E-state index is -0.525. The fourth-order valence-corrected chi connectivity index (χ4v) is 0.733. The molecule has 0 aromatic carbocycles. The summed E-state index contributed by atoms with van der Waals surface area (Å²) in [5.74, 6) is -0.372. The standard InChI is InChI=1S/C9H11FO2S/c1-3-8(13-10)5-4-7(2)9(12)6-11/h3-5,11H,1,6H2,2H3/b7-4+,8-5+. The largest absolute Gasteiger partial charge is 0.388 e. The number of hydrogen-bond acceptors (Lipinski definition) is 3. The van der Waals surface area contributed by atoms with Crippen molar-refractivity contribution in [3.05, 3.63) is 35.3 Å². The summed E-state index contributed by atoms with van der Waals surface area (Å²) in [6, 6.07) is 0. The van der Waals surface area contributed by atoms with Crippen LogP contribution in [0.2, 0.25) is 0 Å². The summed E-state index contributed by atoms with van der Waals surface area (Å²) in [7, 11) is 0. The Balaban J connectivity index is 4.47. The van der Waals surface area contributed by atoms with Crippen molar-refractivity contribution in [2.75, 3.05) is 6.61 Å². The second kappa shape index (κ2) is 6.62. The van der Waals surface area contributed by atoms with Gasteiger partial charge in [-0.25, -0.2) is 0 Å². The van der Waals surface area contributed by atoms with Gasteiger partial charge in [0.05, 0.1) is 12.1 Å². The van der Waals surface area contributed by atoms with E-state index in [1.807, 2.05) is 0 Å². The molecule has 4 heteroatoms. The molecule has 0 bridgehead atoms. The van der Waals surface area contributed by atoms with Gasteiger partial charge in [0, 0.05) is 4.91 Å². The van der Waals surface area contributed by atoms with Crippen molar-refractivity contribution in [1.82, 2.24) is 0 Å². The predicted octanol–water partition coefficient (Wildman–Crippen LogP) is 2.18. The monoisotopic (exact) mass is 202 g/mol. The van der Waals surface area contributed by atoms with Crippen LogP contribution in [0.3, 0.4) is 0 Å². The van der Waals surface area contributed by atoms with Gasteiger partial charge in [0.2, 0.25) is 0 Å². The zero-order valence-corrected chi connectivity index (χ0v) is 8.10. The van der Waals surface area contributed by atoms with E-state index in [1.54, 1.807) is 6.92 Å². The molecule has 72 valence electrons. The van der Waals surface area contributed by atoms with Crippen LogP contribution in [0.1, 0.15) is 6.92 Å². The highest BCUT2D eigenvalue weighted by Gasteiger charge is 1.99. The van der Waals surface area contributed by atoms with E-state index in [1.165, 1.54) is 18.2 Å². The number of carbonyl (C=O) groups excluding carboxylic acids is 1. The van der Waals surface area contributed by atoms with Gasteiger partial charge in [0.1, 0.15) is 6.61 Å². The normalized spacial score (nSPS) is 12.8. The molecule has 0 saturated heterocycles. The molecular weight excluding hydrogens is 191 g/mol. The second-order valence-corrected chi connectivity index (χ2v) is 2.91. The van der Waals surface area contributed by atoms with Gasteiger partial charge in [0.25, 0.3) is 0 Å². The summed E-state index contributed by atoms with van der Waals surface area (Å²) < 4.78 is 12.0. The van der Waals surface area contributed by atoms with Gasteiger partial charge >= 0.3 is 0 Å². The smallest absolute Gasteiger partial charge is 0.183 e. The Morgan fingerprint density at radius 3 is 2.62 bits per heavy atom. The third-order valence-electron chi connectivity index (χ3n) is 1.37. The predicted molar refractivity (Wildman–Crippen MR) is 52.8 cm³/mol. The van der Waals surface area contributed by atoms with Crippen molar-refractivity contribution in [3.63, 3.8) is 0 Å². The van der Waals surface area contributed by atoms with Crippen LogP contribution < -0.4 is 0 Å². The van der Waals surface area contributed by atoms with E-state index in [2.05, 4.69) is 6.58 Å². The first kappa shape index (κ1) is 12.1. The number of halogens is 1. The lowest BCUT2D eigenvalue weighted by Gasteiger charge is -1.94. The van der Waals surface area contributed by atoms with Gasteiger partial charge in [-0.2, -0.15) is 3.89 Å². The lowest BCUT2D eigenvalue weighted by Crippen LogP contribution is -2.04. The molecule has 13 heavy (non-hydrogen) atoms. The first-order chi connectivity index (χ1) is 6.15. The van der Waals surface area contributed by atoms with Crippen LogP contribution in [0.25, 0.3) is 0 Å². The Morgan fingerprint density at radius 1 is 1.62 bits per heavy atom. The molecule has 0 fully saturated rings. The van der Waals surface area contributed by atoms with Crippen LogP contribution in [0, 0.1) is 0 Å². The van der Waals surface area contributed by atoms with Gasteiger partial charge in [-0.1, -0.05) is 18.7 Å². The molecule has 0 amide bonds. The van der Waals surface area contributed by atoms with E-state index in [0.29, 0.717) is 10.5 Å². The van der Waals surface area contributed by atoms with Crippen molar-refractivity contribution in [1.29, 1.82) is 0 Å². The van der Waals surface area contributed by atoms with E-state index >= 15 is 0 Å². The van der Waals surface area contributed by atoms with Gasteiger partial charge < -0.3 is 5.11 Å². The highest BCUT2D eigenvalue weighted by Crippen LogP contribution is 2.17. The quantitative estimate of drug-likeness (QED) is 0.548. The average Bonchev–Trinajstić information content (AvgIpc) is 2.17. The maximum absolute atomic E-state index is 12.0. The number of carbonyl (C=O) groups is 1. The lowest BCUT2D eigenvalue weighted by atomic mass is 10.2. The van der Waals surface area contributed by atoms with Crippen LogP contribution in [-0.4, -0.2) is 17.5 Å². The maximum Gasteiger partial charge on any atom is 0.183 e. The number of hydrogen-bond donors (Lipinski definition) is 1. The Morgan fingerprint density at radius 2 is 2.23 bits per heavy atom. The number of aliphatic hydroxyl groups excluding tert-OH is 1. The van der Waals surface area contributed by atoms with Gasteiger partial charge in [0.15, 0.2) is 5.78 Å². The molecule has 0 aliphatic rings. The molecule has 1 N–H and O–H groups in total. The number of rotatable bonds is 5. The average molecular weight is 202 g/mol. The summed E-state index contributed by atoms with van der Waals surface area (Å²) in [6.07, 6.45) is 4.22. The molecule has 0 saturated carbocycles. The number of ketones is 1. The van der Waals surface area contributed by atoms with Crippen molar-refractivity contribution >= 4 is 17.9 Å². The Hall–Kier alpha value is -0.870. The van der Waals surface area contributed by atoms with Crippen molar-refractivity contribution in [2.24, 2.45) is 0 Å². The fraction of sp³-hybridized carbons (Fsp3) is 0.222. The highest BCUT2D eigenvalue weighted by molar-refractivity contribution is 7.98. The minimum absolute atomic E-state index is 0.0559. The van der Waals surface area contributed by atoms with Crippen LogP contribution in [-0.2, 0) is 4.79 Å². The number of allylic oxidation sites excluding steroid dienone is 3. The molecule has 0 spiro atoms. The molecule has 0 unspecified atom stereocenters. The van der Waals surface area contributed by atoms with Crippen LogP contribution >= 0.6 is 12.1 Å². The Bertz CT molecular complexity index is 256. The third kappa shape index (κ3) is 4.65. The molecule has 2 nitrogen and oxygen atoms in total. The molecule has 0 aromatic rings. The maximum atomic E-state index is 12.0. The molecule has 0 heterocycles. The van der Waals surface area contributed by atoms with Crippen LogP contribution in [0.15, 0.2) is 35.3 Å². The first-order valence-corrected chi connectivity index (χ1v) is 4.31. The van der Waals surface area contributed by atoms with Crippen LogP contribution in [0.4, 0.5) is 3.89 Å². The Kier molecular flexibility index (Phi) is 6.18. The molecule has 0 aromatic heterocycles. The van der Waals surface area contributed by atoms with Gasteiger partial charge in [-0.15, -0.1) is 0 Å². The van der Waals surface area contributed by atoms with Gasteiger partial charge in [-0.05, 0) is 18.6 Å². The topological polar surface area (TPSA) is 37.3 Å². The number of Topliss-reactive ketones (excluding diaryl/α,β-unsaturated/α-hetero) is 1. The summed E-state index contributed by atoms with van der Waals surface area (Å²) in [6.45, 7) is 4.41. The zero-order valence-electron chi connectivity index (χ0n) is 7.29. The molecule has 0 atom stereocenters.